The van der Waals surface area contributed by atoms with Crippen LogP contribution in [0.15, 0.2) is 16.7 Å². The van der Waals surface area contributed by atoms with Gasteiger partial charge in [-0.3, -0.25) is 0 Å². The van der Waals surface area contributed by atoms with Gasteiger partial charge in [-0.2, -0.15) is 0 Å². The molecule has 0 saturated carbocycles. The van der Waals surface area contributed by atoms with Gasteiger partial charge in [0.1, 0.15) is 5.76 Å². The molecule has 0 bridgehead atoms. The van der Waals surface area contributed by atoms with Crippen LogP contribution in [0.3, 0.4) is 0 Å². The number of rotatable bonds is 5. The lowest BCUT2D eigenvalue weighted by Gasteiger charge is -2.27. The van der Waals surface area contributed by atoms with Crippen molar-refractivity contribution in [3.05, 3.63) is 23.7 Å². The second-order valence-corrected chi connectivity index (χ2v) is 4.47. The van der Waals surface area contributed by atoms with Gasteiger partial charge in [0, 0.05) is 31.2 Å². The molecule has 90 valence electrons. The lowest BCUT2D eigenvalue weighted by atomic mass is 9.92. The van der Waals surface area contributed by atoms with E-state index in [0.29, 0.717) is 12.1 Å². The first-order chi connectivity index (χ1) is 7.85. The van der Waals surface area contributed by atoms with E-state index in [0.717, 1.165) is 25.2 Å². The molecule has 0 amide bonds. The molecule has 16 heavy (non-hydrogen) atoms. The third-order valence-corrected chi connectivity index (χ3v) is 3.35. The van der Waals surface area contributed by atoms with Gasteiger partial charge in [0.05, 0.1) is 12.9 Å². The summed E-state index contributed by atoms with van der Waals surface area (Å²) >= 11 is 0. The highest BCUT2D eigenvalue weighted by Gasteiger charge is 2.24. The topological polar surface area (TPSA) is 34.4 Å². The van der Waals surface area contributed by atoms with Crippen LogP contribution in [-0.2, 0) is 11.2 Å². The van der Waals surface area contributed by atoms with E-state index in [1.165, 1.54) is 18.4 Å². The summed E-state index contributed by atoms with van der Waals surface area (Å²) in [6, 6.07) is 2.99. The van der Waals surface area contributed by atoms with Gasteiger partial charge in [0.2, 0.25) is 0 Å². The highest BCUT2D eigenvalue weighted by atomic mass is 16.5. The van der Waals surface area contributed by atoms with Crippen molar-refractivity contribution >= 4 is 0 Å². The van der Waals surface area contributed by atoms with Crippen molar-refractivity contribution in [2.45, 2.75) is 44.7 Å². The number of fused-ring (bicyclic) bond motifs is 1. The quantitative estimate of drug-likeness (QED) is 0.833. The number of methoxy groups -OCH3 is 1. The molecule has 1 N–H and O–H groups in total. The van der Waals surface area contributed by atoms with E-state index in [2.05, 4.69) is 18.3 Å². The smallest absolute Gasteiger partial charge is 0.108 e. The van der Waals surface area contributed by atoms with E-state index in [4.69, 9.17) is 9.15 Å². The number of furan rings is 1. The summed E-state index contributed by atoms with van der Waals surface area (Å²) in [4.78, 5) is 0. The average molecular weight is 223 g/mol. The molecular formula is C13H21NO2. The molecule has 0 spiro atoms. The fraction of sp³-hybridized carbons (Fsp3) is 0.692. The van der Waals surface area contributed by atoms with Crippen molar-refractivity contribution in [3.8, 4) is 0 Å². The van der Waals surface area contributed by atoms with Crippen LogP contribution in [-0.4, -0.2) is 19.8 Å². The molecule has 2 rings (SSSR count). The van der Waals surface area contributed by atoms with Crippen molar-refractivity contribution in [2.24, 2.45) is 0 Å². The van der Waals surface area contributed by atoms with E-state index in [9.17, 15) is 0 Å². The molecule has 1 aliphatic rings. The van der Waals surface area contributed by atoms with Crippen LogP contribution >= 0.6 is 0 Å². The van der Waals surface area contributed by atoms with Crippen molar-refractivity contribution < 1.29 is 9.15 Å². The SMILES string of the molecule is CCC(COC)NC1CCCc2occc21. The standard InChI is InChI=1S/C13H21NO2/c1-3-10(9-15-2)14-12-5-4-6-13-11(12)7-8-16-13/h7-8,10,12,14H,3-6,9H2,1-2H3. The van der Waals surface area contributed by atoms with Crippen LogP contribution in [0.1, 0.15) is 43.6 Å². The molecule has 3 heteroatoms. The predicted molar refractivity (Wildman–Crippen MR) is 63.5 cm³/mol. The molecule has 1 aliphatic carbocycles. The van der Waals surface area contributed by atoms with Crippen LogP contribution in [0.4, 0.5) is 0 Å². The molecule has 2 unspecified atom stereocenters. The molecule has 0 saturated heterocycles. The van der Waals surface area contributed by atoms with Crippen molar-refractivity contribution in [1.82, 2.24) is 5.32 Å². The Morgan fingerprint density at radius 1 is 1.62 bits per heavy atom. The Hall–Kier alpha value is -0.800. The van der Waals surface area contributed by atoms with Crippen molar-refractivity contribution in [2.75, 3.05) is 13.7 Å². The Labute approximate surface area is 97.2 Å². The second kappa shape index (κ2) is 5.51. The van der Waals surface area contributed by atoms with Gasteiger partial charge >= 0.3 is 0 Å². The summed E-state index contributed by atoms with van der Waals surface area (Å²) in [6.45, 7) is 2.97. The summed E-state index contributed by atoms with van der Waals surface area (Å²) in [6.07, 6.45) is 6.40. The molecule has 0 aromatic carbocycles. The minimum atomic E-state index is 0.441. The normalized spacial score (nSPS) is 21.8. The lowest BCUT2D eigenvalue weighted by molar-refractivity contribution is 0.156. The number of hydrogen-bond donors (Lipinski definition) is 1. The molecule has 3 nitrogen and oxygen atoms in total. The maximum absolute atomic E-state index is 5.49. The van der Waals surface area contributed by atoms with Crippen LogP contribution in [0, 0.1) is 0 Å². The van der Waals surface area contributed by atoms with Crippen molar-refractivity contribution in [3.63, 3.8) is 0 Å². The fourth-order valence-corrected chi connectivity index (χ4v) is 2.43. The number of nitrogens with one attached hydrogen (secondary N) is 1. The minimum absolute atomic E-state index is 0.441. The maximum atomic E-state index is 5.49. The van der Waals surface area contributed by atoms with E-state index in [-0.39, 0.29) is 0 Å². The molecule has 0 aliphatic heterocycles. The summed E-state index contributed by atoms with van der Waals surface area (Å²) in [5.74, 6) is 1.16. The first-order valence-corrected chi connectivity index (χ1v) is 6.16. The third-order valence-electron chi connectivity index (χ3n) is 3.35. The first-order valence-electron chi connectivity index (χ1n) is 6.16. The molecular weight excluding hydrogens is 202 g/mol. The predicted octanol–water partition coefficient (Wildman–Crippen LogP) is 2.67. The van der Waals surface area contributed by atoms with Gasteiger partial charge in [-0.25, -0.2) is 0 Å². The summed E-state index contributed by atoms with van der Waals surface area (Å²) in [7, 11) is 1.76. The maximum Gasteiger partial charge on any atom is 0.108 e. The Morgan fingerprint density at radius 2 is 2.50 bits per heavy atom. The Balaban J connectivity index is 2.01. The Bertz CT molecular complexity index is 321. The van der Waals surface area contributed by atoms with Crippen molar-refractivity contribution in [1.29, 1.82) is 0 Å². The van der Waals surface area contributed by atoms with Gasteiger partial charge in [-0.1, -0.05) is 6.92 Å². The Morgan fingerprint density at radius 3 is 3.25 bits per heavy atom. The van der Waals surface area contributed by atoms with E-state index < -0.39 is 0 Å². The van der Waals surface area contributed by atoms with Crippen LogP contribution in [0.5, 0.6) is 0 Å². The number of hydrogen-bond acceptors (Lipinski definition) is 3. The highest BCUT2D eigenvalue weighted by molar-refractivity contribution is 5.24. The van der Waals surface area contributed by atoms with Crippen LogP contribution < -0.4 is 5.32 Å². The second-order valence-electron chi connectivity index (χ2n) is 4.47. The zero-order valence-electron chi connectivity index (χ0n) is 10.2. The van der Waals surface area contributed by atoms with E-state index in [1.807, 2.05) is 6.26 Å². The largest absolute Gasteiger partial charge is 0.469 e. The summed E-state index contributed by atoms with van der Waals surface area (Å²) < 4.78 is 10.7. The molecule has 1 heterocycles. The fourth-order valence-electron chi connectivity index (χ4n) is 2.43. The summed E-state index contributed by atoms with van der Waals surface area (Å²) in [5, 5.41) is 3.66. The first kappa shape index (κ1) is 11.7. The Kier molecular flexibility index (Phi) is 4.02. The van der Waals surface area contributed by atoms with Crippen LogP contribution in [0.2, 0.25) is 0 Å². The third kappa shape index (κ3) is 2.47. The minimum Gasteiger partial charge on any atom is -0.469 e. The van der Waals surface area contributed by atoms with E-state index in [1.54, 1.807) is 7.11 Å². The average Bonchev–Trinajstić information content (AvgIpc) is 2.77. The molecule has 1 aromatic rings. The molecule has 2 atom stereocenters. The monoisotopic (exact) mass is 223 g/mol. The summed E-state index contributed by atoms with van der Waals surface area (Å²) in [5.41, 5.74) is 1.35. The number of ether oxygens (including phenoxy) is 1. The van der Waals surface area contributed by atoms with Gasteiger partial charge < -0.3 is 14.5 Å². The van der Waals surface area contributed by atoms with Gasteiger partial charge in [-0.15, -0.1) is 0 Å². The zero-order chi connectivity index (χ0) is 11.4. The highest BCUT2D eigenvalue weighted by Crippen LogP contribution is 2.30. The zero-order valence-corrected chi connectivity index (χ0v) is 10.2. The molecule has 1 aromatic heterocycles. The van der Waals surface area contributed by atoms with Gasteiger partial charge in [0.25, 0.3) is 0 Å². The molecule has 0 radical (unpaired) electrons. The lowest BCUT2D eigenvalue weighted by Crippen LogP contribution is -2.36. The number of aryl methyl sites for hydroxylation is 1. The van der Waals surface area contributed by atoms with E-state index >= 15 is 0 Å². The molecule has 0 fully saturated rings. The van der Waals surface area contributed by atoms with Gasteiger partial charge in [-0.05, 0) is 25.3 Å². The van der Waals surface area contributed by atoms with Gasteiger partial charge in [0.15, 0.2) is 0 Å². The van der Waals surface area contributed by atoms with Crippen LogP contribution in [0.25, 0.3) is 0 Å².